The number of allylic oxidation sites excluding steroid dienone is 2. The Labute approximate surface area is 303 Å². The minimum atomic E-state index is -0.946. The number of hydrogen-bond acceptors (Lipinski definition) is 4. The Morgan fingerprint density at radius 2 is 1.50 bits per heavy atom. The van der Waals surface area contributed by atoms with Crippen LogP contribution in [0.5, 0.6) is 0 Å². The Bertz CT molecular complexity index is 976. The number of ketones is 1. The Kier molecular flexibility index (Phi) is 9.18. The summed E-state index contributed by atoms with van der Waals surface area (Å²) in [5.74, 6) is -0.393. The molecule has 0 radical (unpaired) electrons. The van der Waals surface area contributed by atoms with Gasteiger partial charge in [0.25, 0.3) is 0 Å². The van der Waals surface area contributed by atoms with Crippen molar-refractivity contribution in [3.8, 4) is 0 Å². The fraction of sp³-hybridized carbons (Fsp3) is 0.867. The van der Waals surface area contributed by atoms with Crippen LogP contribution < -0.4 is 113 Å². The van der Waals surface area contributed by atoms with E-state index in [0.29, 0.717) is 19.3 Å². The van der Waals surface area contributed by atoms with E-state index in [4.69, 9.17) is 0 Å². The first-order valence-electron chi connectivity index (χ1n) is 13.7. The van der Waals surface area contributed by atoms with Crippen LogP contribution in [-0.4, -0.2) is 17.9 Å². The summed E-state index contributed by atoms with van der Waals surface area (Å²) >= 11 is 0. The predicted octanol–water partition coefficient (Wildman–Crippen LogP) is -1.55. The summed E-state index contributed by atoms with van der Waals surface area (Å²) in [4.78, 5) is 26.3. The monoisotopic (exact) mass is 546 g/mol. The maximum atomic E-state index is 14.2. The van der Waals surface area contributed by atoms with Gasteiger partial charge in [0.05, 0.1) is 0 Å². The van der Waals surface area contributed by atoms with Gasteiger partial charge in [-0.25, -0.2) is 0 Å². The zero-order valence-electron chi connectivity index (χ0n) is 24.4. The molecule has 0 unspecified atom stereocenters. The van der Waals surface area contributed by atoms with E-state index in [2.05, 4.69) is 41.5 Å². The zero-order valence-corrected chi connectivity index (χ0v) is 30.6. The molecule has 0 heterocycles. The van der Waals surface area contributed by atoms with Crippen molar-refractivity contribution in [2.24, 2.45) is 50.2 Å². The molecule has 0 aromatic heterocycles. The summed E-state index contributed by atoms with van der Waals surface area (Å²) in [5, 5.41) is 25.1. The molecular weight excluding hydrogens is 503 g/mol. The second kappa shape index (κ2) is 10.1. The first-order chi connectivity index (χ1) is 15.6. The number of fused-ring (bicyclic) bond motifs is 7. The van der Waals surface area contributed by atoms with Gasteiger partial charge in [0.1, 0.15) is 0 Å². The van der Waals surface area contributed by atoms with Crippen molar-refractivity contribution < 1.29 is 123 Å². The van der Waals surface area contributed by atoms with Crippen LogP contribution >= 0.6 is 0 Å². The summed E-state index contributed by atoms with van der Waals surface area (Å²) in [6.45, 7) is 15.5. The largest absolute Gasteiger partial charge is 1.00 e. The second-order valence-corrected chi connectivity index (χ2v) is 14.9. The van der Waals surface area contributed by atoms with Crippen LogP contribution in [0.4, 0.5) is 0 Å². The van der Waals surface area contributed by atoms with Gasteiger partial charge in [0, 0.05) is 17.3 Å². The zero-order chi connectivity index (χ0) is 25.1. The van der Waals surface area contributed by atoms with E-state index in [1.54, 1.807) is 0 Å². The van der Waals surface area contributed by atoms with Gasteiger partial charge >= 0.3 is 103 Å². The van der Waals surface area contributed by atoms with Gasteiger partial charge in [0.15, 0.2) is 5.78 Å². The molecule has 0 amide bonds. The van der Waals surface area contributed by atoms with Gasteiger partial charge in [0.2, 0.25) is 0 Å². The van der Waals surface area contributed by atoms with Crippen LogP contribution in [0.3, 0.4) is 0 Å². The first-order valence-corrected chi connectivity index (χ1v) is 13.7. The Hall–Kier alpha value is 2.11. The van der Waals surface area contributed by atoms with E-state index in [1.165, 1.54) is 5.57 Å². The molecule has 0 spiro atoms. The Morgan fingerprint density at radius 3 is 2.11 bits per heavy atom. The summed E-state index contributed by atoms with van der Waals surface area (Å²) in [5.41, 5.74) is -0.293. The van der Waals surface area contributed by atoms with E-state index in [1.807, 2.05) is 13.0 Å². The number of aliphatic carboxylic acids is 1. The quantitative estimate of drug-likeness (QED) is 0.373. The number of carboxylic acids is 1. The molecule has 9 atom stereocenters. The van der Waals surface area contributed by atoms with Crippen LogP contribution in [0.15, 0.2) is 11.6 Å². The molecule has 4 saturated carbocycles. The number of carbonyl (C=O) groups excluding carboxylic acids is 2. The van der Waals surface area contributed by atoms with Crippen LogP contribution in [0, 0.1) is 50.2 Å². The van der Waals surface area contributed by atoms with Crippen molar-refractivity contribution in [3.63, 3.8) is 0 Å². The Morgan fingerprint density at radius 1 is 0.889 bits per heavy atom. The molecule has 5 aliphatic rings. The molecule has 0 aliphatic heterocycles. The van der Waals surface area contributed by atoms with Gasteiger partial charge in [-0.05, 0) is 96.4 Å². The molecule has 5 aliphatic carbocycles. The minimum absolute atomic E-state index is 0. The number of hydrogen-bond donors (Lipinski definition) is 0. The minimum Gasteiger partial charge on any atom is -0.852 e. The fourth-order valence-electron chi connectivity index (χ4n) is 10.3. The molecule has 36 heavy (non-hydrogen) atoms. The summed E-state index contributed by atoms with van der Waals surface area (Å²) in [6, 6.07) is 0. The number of carbonyl (C=O) groups is 2. The van der Waals surface area contributed by atoms with Crippen molar-refractivity contribution in [1.29, 1.82) is 0 Å². The number of rotatable bonds is 1. The molecule has 6 heteroatoms. The van der Waals surface area contributed by atoms with Gasteiger partial charge < -0.3 is 15.0 Å². The summed E-state index contributed by atoms with van der Waals surface area (Å²) in [7, 11) is 0. The van der Waals surface area contributed by atoms with Crippen LogP contribution in [-0.2, 0) is 9.59 Å². The van der Waals surface area contributed by atoms with Gasteiger partial charge in [-0.2, -0.15) is 0 Å². The van der Waals surface area contributed by atoms with Gasteiger partial charge in [-0.15, -0.1) is 6.10 Å². The average Bonchev–Trinajstić information content (AvgIpc) is 2.73. The summed E-state index contributed by atoms with van der Waals surface area (Å²) < 4.78 is 0. The van der Waals surface area contributed by atoms with E-state index in [-0.39, 0.29) is 153 Å². The van der Waals surface area contributed by atoms with E-state index in [0.717, 1.165) is 38.5 Å². The molecule has 0 aromatic rings. The molecule has 0 N–H and O–H groups in total. The fourth-order valence-corrected chi connectivity index (χ4v) is 10.3. The van der Waals surface area contributed by atoms with Crippen molar-refractivity contribution in [1.82, 2.24) is 0 Å². The standard InChI is InChI=1S/C30H45O4.2K/c1-25(2)21-8-11-30(7)23(28(21,5)10-9-22(25)32)20(31)16-18-19-17-27(4,24(33)34)13-12-26(19,3)14-15-29(18,30)6;;/h16,19,21-23H,8-15,17H2,1-7H3,(H,33,34);;/q-1;2*+1/p-1/t19-,21-,22-,23+,26+,27-,28-,29+,30+;;/m0../s1. The maximum absolute atomic E-state index is 14.2. The number of carboxylic acid groups (broad SMARTS) is 1. The first kappa shape index (κ1) is 32.6. The topological polar surface area (TPSA) is 80.3 Å². The Balaban J connectivity index is 0.00000180. The average molecular weight is 547 g/mol. The normalized spacial score (nSPS) is 51.1. The van der Waals surface area contributed by atoms with Crippen LogP contribution in [0.1, 0.15) is 106 Å². The van der Waals surface area contributed by atoms with Crippen molar-refractivity contribution in [2.45, 2.75) is 112 Å². The predicted molar refractivity (Wildman–Crippen MR) is 128 cm³/mol. The molecule has 0 bridgehead atoms. The van der Waals surface area contributed by atoms with Crippen LogP contribution in [0.25, 0.3) is 0 Å². The third kappa shape index (κ3) is 4.27. The van der Waals surface area contributed by atoms with E-state index < -0.39 is 17.5 Å². The molecule has 0 aromatic carbocycles. The van der Waals surface area contributed by atoms with Gasteiger partial charge in [-0.3, -0.25) is 4.79 Å². The van der Waals surface area contributed by atoms with Gasteiger partial charge in [-0.1, -0.05) is 60.5 Å². The van der Waals surface area contributed by atoms with E-state index >= 15 is 0 Å². The van der Waals surface area contributed by atoms with Crippen LogP contribution in [0.2, 0.25) is 0 Å². The van der Waals surface area contributed by atoms with Crippen molar-refractivity contribution in [2.75, 3.05) is 0 Å². The molecule has 4 nitrogen and oxygen atoms in total. The SMILES string of the molecule is CC1(C)[C@@H]([O-])CC[C@]2(C)[C@H]3C(=O)C=C4[C@@H]5C[C@@](C)(C(=O)[O-])CC[C@]5(C)CC[C@@]4(C)[C@]3(C)CC[C@@H]12.[K+].[K+]. The third-order valence-corrected chi connectivity index (χ3v) is 13.0. The molecule has 5 rings (SSSR count). The maximum Gasteiger partial charge on any atom is 1.00 e. The smallest absolute Gasteiger partial charge is 0.852 e. The second-order valence-electron chi connectivity index (χ2n) is 14.9. The summed E-state index contributed by atoms with van der Waals surface area (Å²) in [6.07, 6.45) is 9.14. The third-order valence-electron chi connectivity index (χ3n) is 13.0. The molecular formula is C30H44K2O4. The molecule has 4 fully saturated rings. The molecule has 190 valence electrons. The molecule has 0 saturated heterocycles. The van der Waals surface area contributed by atoms with Crippen molar-refractivity contribution in [3.05, 3.63) is 11.6 Å². The van der Waals surface area contributed by atoms with Crippen molar-refractivity contribution >= 4 is 11.8 Å². The van der Waals surface area contributed by atoms with E-state index in [9.17, 15) is 19.8 Å².